The molecule has 4 rings (SSSR count). The van der Waals surface area contributed by atoms with Crippen molar-refractivity contribution in [3.63, 3.8) is 0 Å². The number of methoxy groups -OCH3 is 2. The van der Waals surface area contributed by atoms with Crippen molar-refractivity contribution in [2.75, 3.05) is 42.9 Å². The van der Waals surface area contributed by atoms with E-state index in [4.69, 9.17) is 26.1 Å². The molecule has 1 heterocycles. The van der Waals surface area contributed by atoms with Crippen molar-refractivity contribution in [3.05, 3.63) is 41.6 Å². The van der Waals surface area contributed by atoms with Gasteiger partial charge in [0.15, 0.2) is 0 Å². The number of nitrogens with one attached hydrogen (secondary N) is 2. The molecule has 0 aliphatic heterocycles. The molecule has 2 amide bonds. The van der Waals surface area contributed by atoms with Crippen molar-refractivity contribution in [2.45, 2.75) is 57.2 Å². The number of carbonyl (C=O) groups is 2. The average Bonchev–Trinajstić information content (AvgIpc) is 3.77. The van der Waals surface area contributed by atoms with E-state index in [2.05, 4.69) is 27.1 Å². The van der Waals surface area contributed by atoms with E-state index in [9.17, 15) is 9.59 Å². The molecule has 2 N–H and O–H groups in total. The Balaban J connectivity index is 1.62. The Morgan fingerprint density at radius 1 is 1.18 bits per heavy atom. The SMILES string of the molecule is C=CC(=O)NC1CCCCC1Nc1ncc(CN(C=O)c2cc(OC)cc(OC)c2Cl)c(N(C)CC2CC2)n1. The van der Waals surface area contributed by atoms with Gasteiger partial charge in [-0.3, -0.25) is 9.59 Å². The molecule has 2 fully saturated rings. The molecule has 2 saturated carbocycles. The van der Waals surface area contributed by atoms with Crippen LogP contribution in [0.5, 0.6) is 11.5 Å². The van der Waals surface area contributed by atoms with Crippen LogP contribution >= 0.6 is 11.6 Å². The highest BCUT2D eigenvalue weighted by atomic mass is 35.5. The van der Waals surface area contributed by atoms with Gasteiger partial charge < -0.3 is 29.9 Å². The van der Waals surface area contributed by atoms with Gasteiger partial charge in [0.25, 0.3) is 0 Å². The number of hydrogen-bond acceptors (Lipinski definition) is 8. The van der Waals surface area contributed by atoms with Gasteiger partial charge >= 0.3 is 0 Å². The Labute approximate surface area is 234 Å². The fourth-order valence-corrected chi connectivity index (χ4v) is 5.26. The summed E-state index contributed by atoms with van der Waals surface area (Å²) in [4.78, 5) is 37.4. The minimum atomic E-state index is -0.184. The van der Waals surface area contributed by atoms with Crippen LogP contribution < -0.4 is 29.9 Å². The monoisotopic (exact) mass is 556 g/mol. The second kappa shape index (κ2) is 13.0. The summed E-state index contributed by atoms with van der Waals surface area (Å²) in [6.45, 7) is 4.63. The average molecular weight is 557 g/mol. The van der Waals surface area contributed by atoms with Gasteiger partial charge in [0, 0.05) is 49.6 Å². The van der Waals surface area contributed by atoms with Gasteiger partial charge in [0.2, 0.25) is 18.3 Å². The summed E-state index contributed by atoms with van der Waals surface area (Å²) in [6, 6.07) is 3.34. The van der Waals surface area contributed by atoms with E-state index in [1.807, 2.05) is 7.05 Å². The number of halogens is 1. The van der Waals surface area contributed by atoms with E-state index in [0.29, 0.717) is 34.1 Å². The summed E-state index contributed by atoms with van der Waals surface area (Å²) < 4.78 is 10.8. The number of nitrogens with zero attached hydrogens (tertiary/aromatic N) is 4. The second-order valence-corrected chi connectivity index (χ2v) is 10.5. The highest BCUT2D eigenvalue weighted by molar-refractivity contribution is 6.35. The van der Waals surface area contributed by atoms with Crippen LogP contribution in [0, 0.1) is 5.92 Å². The maximum Gasteiger partial charge on any atom is 0.243 e. The highest BCUT2D eigenvalue weighted by Gasteiger charge is 2.29. The van der Waals surface area contributed by atoms with Gasteiger partial charge in [0.1, 0.15) is 22.3 Å². The highest BCUT2D eigenvalue weighted by Crippen LogP contribution is 2.39. The van der Waals surface area contributed by atoms with Crippen LogP contribution in [-0.2, 0) is 16.1 Å². The molecular weight excluding hydrogens is 520 g/mol. The zero-order valence-corrected chi connectivity index (χ0v) is 23.5. The zero-order valence-electron chi connectivity index (χ0n) is 22.8. The Hall–Kier alpha value is -3.53. The summed E-state index contributed by atoms with van der Waals surface area (Å²) in [6.07, 6.45) is 10.0. The molecule has 2 aromatic rings. The van der Waals surface area contributed by atoms with E-state index in [1.54, 1.807) is 25.4 Å². The van der Waals surface area contributed by atoms with Crippen LogP contribution in [0.2, 0.25) is 5.02 Å². The van der Waals surface area contributed by atoms with Crippen molar-refractivity contribution in [3.8, 4) is 11.5 Å². The van der Waals surface area contributed by atoms with E-state index >= 15 is 0 Å². The lowest BCUT2D eigenvalue weighted by Crippen LogP contribution is -2.48. The number of benzene rings is 1. The second-order valence-electron chi connectivity index (χ2n) is 10.1. The number of carbonyl (C=O) groups excluding carboxylic acids is 2. The predicted molar refractivity (Wildman–Crippen MR) is 153 cm³/mol. The number of rotatable bonds is 13. The molecule has 0 spiro atoms. The standard InChI is InChI=1S/C28H37ClN6O4/c1-5-25(37)31-21-8-6-7-9-22(21)32-28-30-14-19(27(33-28)34(2)15-18-10-11-18)16-35(17-36)23-12-20(38-3)13-24(39-4)26(23)29/h5,12-14,17-18,21-22H,1,6-11,15-16H2,2-4H3,(H,31,37)(H,30,32,33). The number of hydrogen-bond donors (Lipinski definition) is 2. The van der Waals surface area contributed by atoms with Crippen LogP contribution in [0.1, 0.15) is 44.1 Å². The predicted octanol–water partition coefficient (Wildman–Crippen LogP) is 4.18. The summed E-state index contributed by atoms with van der Waals surface area (Å²) >= 11 is 6.58. The fourth-order valence-electron chi connectivity index (χ4n) is 4.96. The molecule has 0 radical (unpaired) electrons. The van der Waals surface area contributed by atoms with Crippen molar-refractivity contribution in [1.82, 2.24) is 15.3 Å². The topological polar surface area (TPSA) is 109 Å². The van der Waals surface area contributed by atoms with Crippen LogP contribution in [-0.4, -0.2) is 62.2 Å². The summed E-state index contributed by atoms with van der Waals surface area (Å²) in [5.41, 5.74) is 1.23. The molecule has 2 atom stereocenters. The first kappa shape index (κ1) is 28.5. The lowest BCUT2D eigenvalue weighted by Gasteiger charge is -2.33. The van der Waals surface area contributed by atoms with Gasteiger partial charge in [-0.15, -0.1) is 0 Å². The largest absolute Gasteiger partial charge is 0.497 e. The third kappa shape index (κ3) is 7.11. The summed E-state index contributed by atoms with van der Waals surface area (Å²) in [5, 5.41) is 6.80. The molecule has 10 nitrogen and oxygen atoms in total. The molecule has 2 aliphatic rings. The summed E-state index contributed by atoms with van der Waals surface area (Å²) in [7, 11) is 5.07. The van der Waals surface area contributed by atoms with Crippen molar-refractivity contribution < 1.29 is 19.1 Å². The van der Waals surface area contributed by atoms with Gasteiger partial charge in [-0.2, -0.15) is 4.98 Å². The Kier molecular flexibility index (Phi) is 9.50. The minimum absolute atomic E-state index is 0.00427. The zero-order chi connectivity index (χ0) is 27.9. The Morgan fingerprint density at radius 2 is 1.92 bits per heavy atom. The summed E-state index contributed by atoms with van der Waals surface area (Å²) in [5.74, 6) is 2.59. The van der Waals surface area contributed by atoms with Gasteiger partial charge in [-0.05, 0) is 37.7 Å². The first-order valence-corrected chi connectivity index (χ1v) is 13.6. The van der Waals surface area contributed by atoms with Crippen molar-refractivity contribution in [2.24, 2.45) is 5.92 Å². The molecule has 1 aromatic heterocycles. The molecule has 39 heavy (non-hydrogen) atoms. The minimum Gasteiger partial charge on any atom is -0.497 e. The van der Waals surface area contributed by atoms with Crippen molar-refractivity contribution >= 4 is 41.4 Å². The molecule has 2 aliphatic carbocycles. The Bertz CT molecular complexity index is 1190. The quantitative estimate of drug-likeness (QED) is 0.279. The van der Waals surface area contributed by atoms with Crippen LogP contribution in [0.25, 0.3) is 0 Å². The lowest BCUT2D eigenvalue weighted by atomic mass is 9.90. The molecule has 2 unspecified atom stereocenters. The van der Waals surface area contributed by atoms with E-state index < -0.39 is 0 Å². The van der Waals surface area contributed by atoms with E-state index in [1.165, 1.54) is 30.9 Å². The number of ether oxygens (including phenoxy) is 2. The lowest BCUT2D eigenvalue weighted by molar-refractivity contribution is -0.117. The molecule has 11 heteroatoms. The third-order valence-electron chi connectivity index (χ3n) is 7.25. The van der Waals surface area contributed by atoms with Gasteiger partial charge in [-0.25, -0.2) is 4.98 Å². The van der Waals surface area contributed by atoms with E-state index in [0.717, 1.165) is 50.0 Å². The molecule has 0 bridgehead atoms. The number of amides is 2. The van der Waals surface area contributed by atoms with E-state index in [-0.39, 0.29) is 24.5 Å². The maximum absolute atomic E-state index is 12.3. The fraction of sp³-hybridized carbons (Fsp3) is 0.500. The van der Waals surface area contributed by atoms with Crippen molar-refractivity contribution in [1.29, 1.82) is 0 Å². The third-order valence-corrected chi connectivity index (χ3v) is 7.63. The normalized spacial score (nSPS) is 18.6. The van der Waals surface area contributed by atoms with Crippen LogP contribution in [0.4, 0.5) is 17.5 Å². The first-order chi connectivity index (χ1) is 18.9. The number of aromatic nitrogens is 2. The van der Waals surface area contributed by atoms with Gasteiger partial charge in [-0.1, -0.05) is 31.0 Å². The van der Waals surface area contributed by atoms with Crippen LogP contribution in [0.15, 0.2) is 31.0 Å². The Morgan fingerprint density at radius 3 is 2.56 bits per heavy atom. The van der Waals surface area contributed by atoms with Crippen LogP contribution in [0.3, 0.4) is 0 Å². The smallest absolute Gasteiger partial charge is 0.243 e. The molecular formula is C28H37ClN6O4. The molecule has 1 aromatic carbocycles. The molecule has 0 saturated heterocycles. The maximum atomic E-state index is 12.3. The number of anilines is 3. The molecule has 210 valence electrons. The first-order valence-electron chi connectivity index (χ1n) is 13.3. The van der Waals surface area contributed by atoms with Gasteiger partial charge in [0.05, 0.1) is 26.5 Å².